The second kappa shape index (κ2) is 4.40. The van der Waals surface area contributed by atoms with E-state index in [1.54, 1.807) is 0 Å². The lowest BCUT2D eigenvalue weighted by Gasteiger charge is -2.21. The van der Waals surface area contributed by atoms with E-state index in [1.165, 1.54) is 0 Å². The molecule has 1 aliphatic heterocycles. The van der Waals surface area contributed by atoms with Crippen molar-refractivity contribution in [3.8, 4) is 0 Å². The molecule has 0 atom stereocenters. The molecule has 96 valence electrons. The SMILES string of the molecule is COC(=O)C1=CN(S(=O)(=O)C(F)(F)F)C=CC1. The van der Waals surface area contributed by atoms with Crippen LogP contribution in [-0.4, -0.2) is 31.3 Å². The van der Waals surface area contributed by atoms with Crippen molar-refractivity contribution in [2.45, 2.75) is 11.9 Å². The first-order valence-electron chi connectivity index (χ1n) is 4.25. The van der Waals surface area contributed by atoms with Crippen molar-refractivity contribution in [1.82, 2.24) is 4.31 Å². The number of carbonyl (C=O) groups is 1. The third-order valence-electron chi connectivity index (χ3n) is 1.89. The molecule has 1 aliphatic rings. The number of carbonyl (C=O) groups excluding carboxylic acids is 1. The summed E-state index contributed by atoms with van der Waals surface area (Å²) in [5.41, 5.74) is -5.60. The largest absolute Gasteiger partial charge is 0.517 e. The van der Waals surface area contributed by atoms with Crippen LogP contribution in [0.15, 0.2) is 24.0 Å². The zero-order valence-electron chi connectivity index (χ0n) is 8.56. The number of sulfonamides is 1. The fraction of sp³-hybridized carbons (Fsp3) is 0.375. The maximum absolute atomic E-state index is 12.2. The predicted molar refractivity (Wildman–Crippen MR) is 50.7 cm³/mol. The Bertz CT molecular complexity index is 477. The van der Waals surface area contributed by atoms with Gasteiger partial charge in [-0.2, -0.15) is 21.6 Å². The monoisotopic (exact) mass is 271 g/mol. The molecule has 0 spiro atoms. The lowest BCUT2D eigenvalue weighted by molar-refractivity contribution is -0.136. The molecule has 1 heterocycles. The van der Waals surface area contributed by atoms with E-state index < -0.39 is 21.5 Å². The second-order valence-electron chi connectivity index (χ2n) is 3.02. The molecule has 0 aromatic rings. The summed E-state index contributed by atoms with van der Waals surface area (Å²) in [4.78, 5) is 11.1. The summed E-state index contributed by atoms with van der Waals surface area (Å²) in [5.74, 6) is -0.878. The number of nitrogens with zero attached hydrogens (tertiary/aromatic N) is 1. The molecule has 0 aliphatic carbocycles. The minimum atomic E-state index is -5.51. The van der Waals surface area contributed by atoms with Gasteiger partial charge in [-0.1, -0.05) is 6.08 Å². The molecule has 0 bridgehead atoms. The topological polar surface area (TPSA) is 63.7 Å². The van der Waals surface area contributed by atoms with E-state index in [0.717, 1.165) is 19.4 Å². The Labute approximate surface area is 95.2 Å². The minimum Gasteiger partial charge on any atom is -0.466 e. The first-order valence-corrected chi connectivity index (χ1v) is 5.69. The summed E-state index contributed by atoms with van der Waals surface area (Å²) in [5, 5.41) is 0. The number of ether oxygens (including phenoxy) is 1. The highest BCUT2D eigenvalue weighted by molar-refractivity contribution is 7.90. The average molecular weight is 271 g/mol. The van der Waals surface area contributed by atoms with Gasteiger partial charge in [0.25, 0.3) is 0 Å². The Morgan fingerprint density at radius 3 is 2.53 bits per heavy atom. The van der Waals surface area contributed by atoms with Gasteiger partial charge in [-0.05, 0) is 0 Å². The van der Waals surface area contributed by atoms with Crippen LogP contribution in [0.2, 0.25) is 0 Å². The molecular formula is C8H8F3NO4S. The smallest absolute Gasteiger partial charge is 0.466 e. The van der Waals surface area contributed by atoms with E-state index in [-0.39, 0.29) is 16.3 Å². The van der Waals surface area contributed by atoms with Crippen LogP contribution in [-0.2, 0) is 19.6 Å². The van der Waals surface area contributed by atoms with Crippen LogP contribution in [0.1, 0.15) is 6.42 Å². The normalized spacial score (nSPS) is 16.7. The number of halogens is 3. The summed E-state index contributed by atoms with van der Waals surface area (Å²) in [6.45, 7) is 0. The molecule has 5 nitrogen and oxygen atoms in total. The third-order valence-corrected chi connectivity index (χ3v) is 3.26. The molecule has 0 aromatic heterocycles. The number of allylic oxidation sites excluding steroid dienone is 1. The maximum Gasteiger partial charge on any atom is 0.517 e. The summed E-state index contributed by atoms with van der Waals surface area (Å²) >= 11 is 0. The zero-order valence-corrected chi connectivity index (χ0v) is 9.38. The first-order chi connectivity index (χ1) is 7.70. The predicted octanol–water partition coefficient (Wildman–Crippen LogP) is 1.11. The van der Waals surface area contributed by atoms with Gasteiger partial charge in [0.05, 0.1) is 12.7 Å². The molecule has 0 amide bonds. The highest BCUT2D eigenvalue weighted by Crippen LogP contribution is 2.29. The van der Waals surface area contributed by atoms with Crippen molar-refractivity contribution >= 4 is 16.0 Å². The van der Waals surface area contributed by atoms with Gasteiger partial charge in [-0.25, -0.2) is 9.10 Å². The van der Waals surface area contributed by atoms with E-state index in [4.69, 9.17) is 0 Å². The van der Waals surface area contributed by atoms with Gasteiger partial charge in [0.15, 0.2) is 0 Å². The molecule has 17 heavy (non-hydrogen) atoms. The lowest BCUT2D eigenvalue weighted by atomic mass is 10.2. The van der Waals surface area contributed by atoms with E-state index in [1.807, 2.05) is 0 Å². The van der Waals surface area contributed by atoms with Gasteiger partial charge in [0, 0.05) is 18.8 Å². The number of methoxy groups -OCH3 is 1. The highest BCUT2D eigenvalue weighted by atomic mass is 32.2. The van der Waals surface area contributed by atoms with Crippen LogP contribution in [0, 0.1) is 0 Å². The quantitative estimate of drug-likeness (QED) is 0.706. The summed E-state index contributed by atoms with van der Waals surface area (Å²) in [7, 11) is -4.47. The molecule has 0 fully saturated rings. The minimum absolute atomic E-state index is 0.0105. The molecule has 0 radical (unpaired) electrons. The number of hydrogen-bond acceptors (Lipinski definition) is 4. The number of alkyl halides is 3. The van der Waals surface area contributed by atoms with E-state index in [9.17, 15) is 26.4 Å². The van der Waals surface area contributed by atoms with Crippen molar-refractivity contribution in [3.63, 3.8) is 0 Å². The zero-order chi connectivity index (χ0) is 13.3. The lowest BCUT2D eigenvalue weighted by Crippen LogP contribution is -2.35. The van der Waals surface area contributed by atoms with Crippen molar-refractivity contribution in [2.75, 3.05) is 7.11 Å². The molecule has 0 saturated carbocycles. The molecule has 0 aromatic carbocycles. The van der Waals surface area contributed by atoms with E-state index in [2.05, 4.69) is 4.74 Å². The van der Waals surface area contributed by atoms with Crippen molar-refractivity contribution in [3.05, 3.63) is 24.0 Å². The van der Waals surface area contributed by atoms with Gasteiger partial charge in [0.1, 0.15) is 0 Å². The van der Waals surface area contributed by atoms with Crippen LogP contribution in [0.5, 0.6) is 0 Å². The summed E-state index contributed by atoms with van der Waals surface area (Å²) < 4.78 is 62.9. The first kappa shape index (κ1) is 13.6. The standard InChI is InChI=1S/C8H8F3NO4S/c1-16-7(13)6-3-2-4-12(5-6)17(14,15)8(9,10)11/h2,4-5H,3H2,1H3. The number of hydrogen-bond donors (Lipinski definition) is 0. The molecule has 9 heteroatoms. The Kier molecular flexibility index (Phi) is 3.51. The fourth-order valence-corrected chi connectivity index (χ4v) is 1.82. The van der Waals surface area contributed by atoms with Crippen LogP contribution in [0.3, 0.4) is 0 Å². The molecular weight excluding hydrogens is 263 g/mol. The van der Waals surface area contributed by atoms with Gasteiger partial charge in [-0.15, -0.1) is 0 Å². The Morgan fingerprint density at radius 1 is 1.47 bits per heavy atom. The van der Waals surface area contributed by atoms with Gasteiger partial charge >= 0.3 is 21.5 Å². The van der Waals surface area contributed by atoms with Gasteiger partial charge in [0.2, 0.25) is 0 Å². The second-order valence-corrected chi connectivity index (χ2v) is 4.85. The molecule has 0 unspecified atom stereocenters. The summed E-state index contributed by atoms with van der Waals surface area (Å²) in [6.07, 6.45) is 2.45. The maximum atomic E-state index is 12.2. The van der Waals surface area contributed by atoms with E-state index >= 15 is 0 Å². The average Bonchev–Trinajstić information content (AvgIpc) is 2.26. The van der Waals surface area contributed by atoms with Crippen LogP contribution >= 0.6 is 0 Å². The van der Waals surface area contributed by atoms with Crippen LogP contribution in [0.25, 0.3) is 0 Å². The number of rotatable bonds is 2. The van der Waals surface area contributed by atoms with Crippen molar-refractivity contribution in [2.24, 2.45) is 0 Å². The summed E-state index contributed by atoms with van der Waals surface area (Å²) in [6, 6.07) is 0. The fourth-order valence-electron chi connectivity index (χ4n) is 1.07. The molecule has 0 N–H and O–H groups in total. The van der Waals surface area contributed by atoms with Crippen LogP contribution < -0.4 is 0 Å². The Morgan fingerprint density at radius 2 is 2.06 bits per heavy atom. The number of esters is 1. The van der Waals surface area contributed by atoms with Crippen molar-refractivity contribution in [1.29, 1.82) is 0 Å². The molecule has 1 rings (SSSR count). The Balaban J connectivity index is 3.09. The molecule has 0 saturated heterocycles. The Hall–Kier alpha value is -1.51. The third kappa shape index (κ3) is 2.60. The van der Waals surface area contributed by atoms with Crippen molar-refractivity contribution < 1.29 is 31.1 Å². The highest BCUT2D eigenvalue weighted by Gasteiger charge is 2.49. The van der Waals surface area contributed by atoms with Gasteiger partial charge < -0.3 is 4.74 Å². The van der Waals surface area contributed by atoms with Gasteiger partial charge in [-0.3, -0.25) is 0 Å². The van der Waals surface area contributed by atoms with Crippen LogP contribution in [0.4, 0.5) is 13.2 Å². The van der Waals surface area contributed by atoms with E-state index in [0.29, 0.717) is 6.20 Å².